The number of hydrogen-bond acceptors (Lipinski definition) is 4. The highest BCUT2D eigenvalue weighted by Crippen LogP contribution is 2.01. The monoisotopic (exact) mass is 232 g/mol. The highest BCUT2D eigenvalue weighted by Gasteiger charge is 2.13. The van der Waals surface area contributed by atoms with Crippen molar-refractivity contribution in [2.75, 3.05) is 33.9 Å². The lowest BCUT2D eigenvalue weighted by molar-refractivity contribution is 0.109. The molecular formula is C12H28N2O2. The summed E-state index contributed by atoms with van der Waals surface area (Å²) in [4.78, 5) is 2.26. The van der Waals surface area contributed by atoms with E-state index in [0.717, 1.165) is 19.6 Å². The molecule has 0 amide bonds. The average molecular weight is 232 g/mol. The van der Waals surface area contributed by atoms with Gasteiger partial charge in [0, 0.05) is 25.2 Å². The first-order chi connectivity index (χ1) is 7.51. The molecule has 0 saturated carbocycles. The molecule has 0 aliphatic rings. The molecule has 0 aromatic carbocycles. The number of likely N-dealkylation sites (N-methyl/N-ethyl adjacent to an activating group) is 1. The molecule has 0 aromatic heterocycles. The molecule has 0 heterocycles. The summed E-state index contributed by atoms with van der Waals surface area (Å²) in [6, 6.07) is 1.03. The smallest absolute Gasteiger partial charge is 0.0615 e. The quantitative estimate of drug-likeness (QED) is 0.614. The van der Waals surface area contributed by atoms with Crippen LogP contribution >= 0.6 is 0 Å². The third-order valence-electron chi connectivity index (χ3n) is 2.78. The van der Waals surface area contributed by atoms with Crippen LogP contribution < -0.4 is 5.32 Å². The molecule has 0 spiro atoms. The van der Waals surface area contributed by atoms with E-state index in [1.807, 2.05) is 0 Å². The zero-order valence-corrected chi connectivity index (χ0v) is 11.4. The van der Waals surface area contributed by atoms with Gasteiger partial charge in [0.15, 0.2) is 0 Å². The lowest BCUT2D eigenvalue weighted by atomic mass is 10.1. The van der Waals surface area contributed by atoms with Crippen molar-refractivity contribution in [1.29, 1.82) is 0 Å². The summed E-state index contributed by atoms with van der Waals surface area (Å²) in [5, 5.41) is 12.6. The fourth-order valence-corrected chi connectivity index (χ4v) is 1.65. The fraction of sp³-hybridized carbons (Fsp3) is 1.00. The van der Waals surface area contributed by atoms with Gasteiger partial charge in [-0.1, -0.05) is 13.8 Å². The van der Waals surface area contributed by atoms with Crippen molar-refractivity contribution in [2.45, 2.75) is 45.3 Å². The SMILES string of the molecule is COCC(C)N(C)CCC(CO)NC(C)C. The summed E-state index contributed by atoms with van der Waals surface area (Å²) >= 11 is 0. The van der Waals surface area contributed by atoms with Gasteiger partial charge < -0.3 is 20.1 Å². The number of hydrogen-bond donors (Lipinski definition) is 2. The normalized spacial score (nSPS) is 15.8. The second-order valence-corrected chi connectivity index (χ2v) is 4.77. The van der Waals surface area contributed by atoms with Crippen molar-refractivity contribution in [1.82, 2.24) is 10.2 Å². The first-order valence-corrected chi connectivity index (χ1v) is 6.07. The van der Waals surface area contributed by atoms with Crippen LogP contribution in [0.1, 0.15) is 27.2 Å². The third-order valence-corrected chi connectivity index (χ3v) is 2.78. The van der Waals surface area contributed by atoms with Gasteiger partial charge in [0.2, 0.25) is 0 Å². The first kappa shape index (κ1) is 15.8. The molecule has 0 bridgehead atoms. The van der Waals surface area contributed by atoms with E-state index < -0.39 is 0 Å². The van der Waals surface area contributed by atoms with Crippen molar-refractivity contribution >= 4 is 0 Å². The number of rotatable bonds is 9. The van der Waals surface area contributed by atoms with E-state index in [4.69, 9.17) is 4.74 Å². The summed E-state index contributed by atoms with van der Waals surface area (Å²) in [6.45, 7) is 8.26. The zero-order chi connectivity index (χ0) is 12.6. The molecule has 2 atom stereocenters. The second-order valence-electron chi connectivity index (χ2n) is 4.77. The van der Waals surface area contributed by atoms with Crippen LogP contribution in [0.25, 0.3) is 0 Å². The maximum absolute atomic E-state index is 9.22. The Morgan fingerprint density at radius 3 is 2.38 bits per heavy atom. The summed E-state index contributed by atoms with van der Waals surface area (Å²) in [5.41, 5.74) is 0. The summed E-state index contributed by atoms with van der Waals surface area (Å²) < 4.78 is 5.12. The highest BCUT2D eigenvalue weighted by molar-refractivity contribution is 4.71. The molecule has 0 aliphatic carbocycles. The predicted molar refractivity (Wildman–Crippen MR) is 67.7 cm³/mol. The van der Waals surface area contributed by atoms with Crippen LogP contribution in [0.3, 0.4) is 0 Å². The fourth-order valence-electron chi connectivity index (χ4n) is 1.65. The first-order valence-electron chi connectivity index (χ1n) is 6.07. The molecule has 0 radical (unpaired) electrons. The van der Waals surface area contributed by atoms with E-state index in [1.54, 1.807) is 7.11 Å². The van der Waals surface area contributed by atoms with Gasteiger partial charge in [-0.15, -0.1) is 0 Å². The maximum Gasteiger partial charge on any atom is 0.0615 e. The highest BCUT2D eigenvalue weighted by atomic mass is 16.5. The van der Waals surface area contributed by atoms with E-state index in [2.05, 4.69) is 38.0 Å². The second kappa shape index (κ2) is 8.93. The lowest BCUT2D eigenvalue weighted by Crippen LogP contribution is -2.41. The minimum atomic E-state index is 0.192. The van der Waals surface area contributed by atoms with Crippen molar-refractivity contribution in [3.8, 4) is 0 Å². The van der Waals surface area contributed by atoms with Crippen molar-refractivity contribution in [3.05, 3.63) is 0 Å². The number of aliphatic hydroxyl groups is 1. The molecule has 4 heteroatoms. The average Bonchev–Trinajstić information content (AvgIpc) is 2.23. The Kier molecular flexibility index (Phi) is 8.84. The Bertz CT molecular complexity index is 165. The Hall–Kier alpha value is -0.160. The molecule has 0 fully saturated rings. The zero-order valence-electron chi connectivity index (χ0n) is 11.4. The molecule has 0 rings (SSSR count). The topological polar surface area (TPSA) is 44.7 Å². The molecular weight excluding hydrogens is 204 g/mol. The van der Waals surface area contributed by atoms with Gasteiger partial charge in [-0.25, -0.2) is 0 Å². The van der Waals surface area contributed by atoms with Crippen LogP contribution in [-0.2, 0) is 4.74 Å². The van der Waals surface area contributed by atoms with Crippen LogP contribution in [-0.4, -0.2) is 62.0 Å². The number of nitrogens with zero attached hydrogens (tertiary/aromatic N) is 1. The Morgan fingerprint density at radius 1 is 1.31 bits per heavy atom. The van der Waals surface area contributed by atoms with E-state index in [0.29, 0.717) is 12.1 Å². The van der Waals surface area contributed by atoms with Gasteiger partial charge >= 0.3 is 0 Å². The van der Waals surface area contributed by atoms with E-state index >= 15 is 0 Å². The molecule has 2 unspecified atom stereocenters. The Labute approximate surface area is 100.0 Å². The van der Waals surface area contributed by atoms with Crippen molar-refractivity contribution < 1.29 is 9.84 Å². The predicted octanol–water partition coefficient (Wildman–Crippen LogP) is 0.702. The molecule has 16 heavy (non-hydrogen) atoms. The van der Waals surface area contributed by atoms with Crippen molar-refractivity contribution in [2.24, 2.45) is 0 Å². The van der Waals surface area contributed by atoms with Gasteiger partial charge in [0.25, 0.3) is 0 Å². The molecule has 4 nitrogen and oxygen atoms in total. The standard InChI is InChI=1S/C12H28N2O2/c1-10(2)13-12(8-15)6-7-14(4)11(3)9-16-5/h10-13,15H,6-9H2,1-5H3. The molecule has 0 aliphatic heterocycles. The number of aliphatic hydroxyl groups excluding tert-OH is 1. The summed E-state index contributed by atoms with van der Waals surface area (Å²) in [7, 11) is 3.81. The van der Waals surface area contributed by atoms with Gasteiger partial charge in [0.1, 0.15) is 0 Å². The van der Waals surface area contributed by atoms with Gasteiger partial charge in [-0.05, 0) is 26.9 Å². The Morgan fingerprint density at radius 2 is 1.94 bits per heavy atom. The number of methoxy groups -OCH3 is 1. The maximum atomic E-state index is 9.22. The minimum Gasteiger partial charge on any atom is -0.395 e. The van der Waals surface area contributed by atoms with Crippen LogP contribution in [0.5, 0.6) is 0 Å². The Balaban J connectivity index is 3.82. The third kappa shape index (κ3) is 7.17. The molecule has 0 saturated heterocycles. The van der Waals surface area contributed by atoms with Gasteiger partial charge in [-0.2, -0.15) is 0 Å². The van der Waals surface area contributed by atoms with Crippen LogP contribution in [0.15, 0.2) is 0 Å². The van der Waals surface area contributed by atoms with E-state index in [9.17, 15) is 5.11 Å². The van der Waals surface area contributed by atoms with Gasteiger partial charge in [-0.3, -0.25) is 0 Å². The minimum absolute atomic E-state index is 0.192. The summed E-state index contributed by atoms with van der Waals surface area (Å²) in [5.74, 6) is 0. The number of ether oxygens (including phenoxy) is 1. The van der Waals surface area contributed by atoms with E-state index in [-0.39, 0.29) is 12.6 Å². The van der Waals surface area contributed by atoms with Crippen LogP contribution in [0.4, 0.5) is 0 Å². The number of nitrogens with one attached hydrogen (secondary N) is 1. The van der Waals surface area contributed by atoms with Crippen LogP contribution in [0, 0.1) is 0 Å². The van der Waals surface area contributed by atoms with Gasteiger partial charge in [0.05, 0.1) is 13.2 Å². The molecule has 2 N–H and O–H groups in total. The molecule has 0 aromatic rings. The lowest BCUT2D eigenvalue weighted by Gasteiger charge is -2.27. The van der Waals surface area contributed by atoms with E-state index in [1.165, 1.54) is 0 Å². The largest absolute Gasteiger partial charge is 0.395 e. The molecule has 98 valence electrons. The van der Waals surface area contributed by atoms with Crippen molar-refractivity contribution in [3.63, 3.8) is 0 Å². The summed E-state index contributed by atoms with van der Waals surface area (Å²) in [6.07, 6.45) is 0.958. The van der Waals surface area contributed by atoms with Crippen LogP contribution in [0.2, 0.25) is 0 Å².